The molecule has 1 atom stereocenters. The third-order valence-corrected chi connectivity index (χ3v) is 3.37. The summed E-state index contributed by atoms with van der Waals surface area (Å²) in [5.41, 5.74) is 7.74. The topological polar surface area (TPSA) is 35.2 Å². The number of fused-ring (bicyclic) bond motifs is 2. The van der Waals surface area contributed by atoms with Gasteiger partial charge in [0, 0.05) is 11.5 Å². The Bertz CT molecular complexity index is 582. The molecule has 1 aliphatic heterocycles. The number of nitrogens with two attached hydrogens (primary N) is 1. The minimum atomic E-state index is -0.331. The molecule has 0 saturated carbocycles. The molecule has 0 aromatic heterocycles. The highest BCUT2D eigenvalue weighted by atomic mass is 19.1. The Morgan fingerprint density at radius 1 is 1.17 bits per heavy atom. The number of rotatable bonds is 1. The van der Waals surface area contributed by atoms with Crippen LogP contribution in [0.15, 0.2) is 42.5 Å². The van der Waals surface area contributed by atoms with Crippen molar-refractivity contribution in [3.63, 3.8) is 0 Å². The van der Waals surface area contributed by atoms with E-state index < -0.39 is 0 Å². The fraction of sp³-hybridized carbons (Fsp3) is 0.200. The minimum absolute atomic E-state index is 0.0966. The maximum absolute atomic E-state index is 13.9. The second kappa shape index (κ2) is 4.42. The Balaban J connectivity index is 2.18. The molecular weight excluding hydrogens is 229 g/mol. The summed E-state index contributed by atoms with van der Waals surface area (Å²) in [6, 6.07) is 12.7. The molecule has 2 nitrogen and oxygen atoms in total. The van der Waals surface area contributed by atoms with Crippen molar-refractivity contribution >= 4 is 0 Å². The van der Waals surface area contributed by atoms with Gasteiger partial charge in [0.05, 0.1) is 0 Å². The molecule has 2 aromatic carbocycles. The smallest absolute Gasteiger partial charge is 0.166 e. The fourth-order valence-electron chi connectivity index (χ4n) is 2.42. The van der Waals surface area contributed by atoms with Gasteiger partial charge in [-0.25, -0.2) is 4.39 Å². The molecule has 0 fully saturated rings. The van der Waals surface area contributed by atoms with Crippen molar-refractivity contribution < 1.29 is 9.13 Å². The first-order valence-corrected chi connectivity index (χ1v) is 6.04. The third-order valence-electron chi connectivity index (χ3n) is 3.37. The molecule has 0 aliphatic carbocycles. The van der Waals surface area contributed by atoms with Crippen LogP contribution in [-0.2, 0) is 6.42 Å². The van der Waals surface area contributed by atoms with Gasteiger partial charge in [0.2, 0.25) is 0 Å². The number of hydrogen-bond donors (Lipinski definition) is 1. The Morgan fingerprint density at radius 2 is 2.00 bits per heavy atom. The highest BCUT2D eigenvalue weighted by Crippen LogP contribution is 2.40. The molecular formula is C15H14FNO. The van der Waals surface area contributed by atoms with Crippen LogP contribution in [0.2, 0.25) is 0 Å². The lowest BCUT2D eigenvalue weighted by atomic mass is 9.92. The van der Waals surface area contributed by atoms with Crippen LogP contribution >= 0.6 is 0 Å². The number of benzene rings is 2. The SMILES string of the molecule is NCC1Cc2ccccc2Oc2c(F)cccc21. The molecule has 1 aliphatic rings. The quantitative estimate of drug-likeness (QED) is 0.834. The van der Waals surface area contributed by atoms with E-state index in [-0.39, 0.29) is 11.7 Å². The largest absolute Gasteiger partial charge is 0.454 e. The van der Waals surface area contributed by atoms with Gasteiger partial charge in [0.25, 0.3) is 0 Å². The molecule has 3 heteroatoms. The van der Waals surface area contributed by atoms with E-state index in [0.717, 1.165) is 23.3 Å². The van der Waals surface area contributed by atoms with Crippen molar-refractivity contribution in [2.24, 2.45) is 5.73 Å². The molecule has 2 aromatic rings. The van der Waals surface area contributed by atoms with Crippen molar-refractivity contribution in [2.75, 3.05) is 6.54 Å². The number of ether oxygens (including phenoxy) is 1. The van der Waals surface area contributed by atoms with E-state index in [2.05, 4.69) is 0 Å². The highest BCUT2D eigenvalue weighted by Gasteiger charge is 2.24. The van der Waals surface area contributed by atoms with Crippen LogP contribution in [0.5, 0.6) is 11.5 Å². The molecule has 18 heavy (non-hydrogen) atoms. The van der Waals surface area contributed by atoms with Gasteiger partial charge < -0.3 is 10.5 Å². The van der Waals surface area contributed by atoms with Crippen molar-refractivity contribution in [1.82, 2.24) is 0 Å². The Kier molecular flexibility index (Phi) is 2.76. The molecule has 1 heterocycles. The van der Waals surface area contributed by atoms with Gasteiger partial charge in [0.1, 0.15) is 5.75 Å². The third kappa shape index (κ3) is 1.77. The summed E-state index contributed by atoms with van der Waals surface area (Å²) in [5, 5.41) is 0. The first-order valence-electron chi connectivity index (χ1n) is 6.04. The second-order valence-corrected chi connectivity index (χ2v) is 4.50. The van der Waals surface area contributed by atoms with Gasteiger partial charge in [-0.15, -0.1) is 0 Å². The van der Waals surface area contributed by atoms with Gasteiger partial charge >= 0.3 is 0 Å². The summed E-state index contributed by atoms with van der Waals surface area (Å²) in [4.78, 5) is 0. The van der Waals surface area contributed by atoms with Crippen molar-refractivity contribution in [3.8, 4) is 11.5 Å². The van der Waals surface area contributed by atoms with Gasteiger partial charge in [-0.1, -0.05) is 30.3 Å². The Hall–Kier alpha value is -1.87. The Morgan fingerprint density at radius 3 is 2.83 bits per heavy atom. The van der Waals surface area contributed by atoms with Gasteiger partial charge in [-0.2, -0.15) is 0 Å². The minimum Gasteiger partial charge on any atom is -0.454 e. The standard InChI is InChI=1S/C15H14FNO/c16-13-6-3-5-12-11(9-17)8-10-4-1-2-7-14(10)18-15(12)13/h1-7,11H,8-9,17H2. The molecule has 0 saturated heterocycles. The van der Waals surface area contributed by atoms with E-state index in [1.165, 1.54) is 6.07 Å². The van der Waals surface area contributed by atoms with Crippen LogP contribution in [0.4, 0.5) is 4.39 Å². The van der Waals surface area contributed by atoms with Crippen molar-refractivity contribution in [1.29, 1.82) is 0 Å². The molecule has 0 amide bonds. The molecule has 0 radical (unpaired) electrons. The summed E-state index contributed by atoms with van der Waals surface area (Å²) < 4.78 is 19.6. The van der Waals surface area contributed by atoms with Crippen molar-refractivity contribution in [2.45, 2.75) is 12.3 Å². The second-order valence-electron chi connectivity index (χ2n) is 4.50. The van der Waals surface area contributed by atoms with Gasteiger partial charge in [-0.05, 0) is 30.7 Å². The van der Waals surface area contributed by atoms with Crippen LogP contribution in [0, 0.1) is 5.82 Å². The predicted octanol–water partition coefficient (Wildman–Crippen LogP) is 3.22. The summed E-state index contributed by atoms with van der Waals surface area (Å²) in [6.07, 6.45) is 0.781. The molecule has 0 spiro atoms. The number of para-hydroxylation sites is 2. The van der Waals surface area contributed by atoms with E-state index in [4.69, 9.17) is 10.5 Å². The van der Waals surface area contributed by atoms with E-state index in [1.807, 2.05) is 30.3 Å². The maximum Gasteiger partial charge on any atom is 0.166 e. The molecule has 0 bridgehead atoms. The molecule has 2 N–H and O–H groups in total. The first kappa shape index (κ1) is 11.2. The maximum atomic E-state index is 13.9. The molecule has 1 unspecified atom stereocenters. The zero-order chi connectivity index (χ0) is 12.5. The predicted molar refractivity (Wildman–Crippen MR) is 68.4 cm³/mol. The summed E-state index contributed by atoms with van der Waals surface area (Å²) in [7, 11) is 0. The summed E-state index contributed by atoms with van der Waals surface area (Å²) in [5.74, 6) is 0.805. The van der Waals surface area contributed by atoms with Gasteiger partial charge in [0.15, 0.2) is 11.6 Å². The van der Waals surface area contributed by atoms with Crippen LogP contribution < -0.4 is 10.5 Å². The number of hydrogen-bond acceptors (Lipinski definition) is 2. The lowest BCUT2D eigenvalue weighted by Gasteiger charge is -2.14. The van der Waals surface area contributed by atoms with E-state index in [0.29, 0.717) is 12.3 Å². The van der Waals surface area contributed by atoms with Crippen LogP contribution in [0.3, 0.4) is 0 Å². The van der Waals surface area contributed by atoms with E-state index in [9.17, 15) is 4.39 Å². The van der Waals surface area contributed by atoms with E-state index >= 15 is 0 Å². The summed E-state index contributed by atoms with van der Waals surface area (Å²) >= 11 is 0. The van der Waals surface area contributed by atoms with Crippen LogP contribution in [-0.4, -0.2) is 6.54 Å². The lowest BCUT2D eigenvalue weighted by Crippen LogP contribution is -2.14. The average molecular weight is 243 g/mol. The van der Waals surface area contributed by atoms with E-state index in [1.54, 1.807) is 6.07 Å². The zero-order valence-corrected chi connectivity index (χ0v) is 9.90. The average Bonchev–Trinajstić information content (AvgIpc) is 2.56. The Labute approximate surface area is 105 Å². The molecule has 3 rings (SSSR count). The number of halogens is 1. The normalized spacial score (nSPS) is 17.3. The van der Waals surface area contributed by atoms with Crippen LogP contribution in [0.1, 0.15) is 17.0 Å². The lowest BCUT2D eigenvalue weighted by molar-refractivity contribution is 0.438. The van der Waals surface area contributed by atoms with Gasteiger partial charge in [-0.3, -0.25) is 0 Å². The summed E-state index contributed by atoms with van der Waals surface area (Å²) in [6.45, 7) is 0.480. The monoisotopic (exact) mass is 243 g/mol. The first-order chi connectivity index (χ1) is 8.79. The molecule has 92 valence electrons. The van der Waals surface area contributed by atoms with Crippen molar-refractivity contribution in [3.05, 3.63) is 59.4 Å². The highest BCUT2D eigenvalue weighted by molar-refractivity contribution is 5.47. The fourth-order valence-corrected chi connectivity index (χ4v) is 2.42. The zero-order valence-electron chi connectivity index (χ0n) is 9.90. The van der Waals surface area contributed by atoms with Crippen LogP contribution in [0.25, 0.3) is 0 Å².